The number of hydrogen-bond acceptors (Lipinski definition) is 3. The Bertz CT molecular complexity index is 121. The van der Waals surface area contributed by atoms with Crippen LogP contribution in [0, 0.1) is 11.3 Å². The molecule has 0 aromatic heterocycles. The summed E-state index contributed by atoms with van der Waals surface area (Å²) in [5.74, 6) is 1.38. The van der Waals surface area contributed by atoms with Crippen molar-refractivity contribution in [2.24, 2.45) is 11.3 Å². The van der Waals surface area contributed by atoms with Gasteiger partial charge in [-0.1, -0.05) is 20.8 Å². The van der Waals surface area contributed by atoms with Gasteiger partial charge in [-0.25, -0.2) is 0 Å². The van der Waals surface area contributed by atoms with E-state index in [2.05, 4.69) is 33.4 Å². The van der Waals surface area contributed by atoms with Crippen LogP contribution < -0.4 is 0 Å². The molecule has 0 aromatic rings. The highest BCUT2D eigenvalue weighted by Gasteiger charge is 2.23. The Kier molecular flexibility index (Phi) is 6.82. The Balaban J connectivity index is 3.61. The van der Waals surface area contributed by atoms with Crippen molar-refractivity contribution in [2.45, 2.75) is 20.8 Å². The van der Waals surface area contributed by atoms with Crippen LogP contribution in [0.1, 0.15) is 20.8 Å². The number of ether oxygens (including phenoxy) is 2. The molecule has 0 rings (SSSR count). The van der Waals surface area contributed by atoms with Gasteiger partial charge in [0.2, 0.25) is 0 Å². The topological polar surface area (TPSA) is 18.5 Å². The minimum atomic E-state index is 0.273. The van der Waals surface area contributed by atoms with Crippen LogP contribution in [-0.2, 0) is 9.47 Å². The first kappa shape index (κ1) is 13.3. The maximum absolute atomic E-state index is 5.48. The zero-order chi connectivity index (χ0) is 10.3. The van der Waals surface area contributed by atoms with Crippen LogP contribution in [0.4, 0.5) is 0 Å². The Morgan fingerprint density at radius 3 is 2.23 bits per heavy atom. The molecule has 0 saturated heterocycles. The standard InChI is InChI=1S/C10H22O2S/c1-10(2,3)9(8-13)7-12-6-5-11-4/h9,13H,5-8H2,1-4H3. The van der Waals surface area contributed by atoms with Crippen molar-refractivity contribution in [1.82, 2.24) is 0 Å². The monoisotopic (exact) mass is 206 g/mol. The van der Waals surface area contributed by atoms with E-state index in [0.29, 0.717) is 19.1 Å². The van der Waals surface area contributed by atoms with E-state index in [0.717, 1.165) is 12.4 Å². The molecule has 0 aliphatic heterocycles. The highest BCUT2D eigenvalue weighted by molar-refractivity contribution is 7.80. The molecule has 80 valence electrons. The maximum atomic E-state index is 5.48. The van der Waals surface area contributed by atoms with Gasteiger partial charge in [0.05, 0.1) is 19.8 Å². The second-order valence-corrected chi connectivity index (χ2v) is 4.68. The van der Waals surface area contributed by atoms with E-state index in [1.54, 1.807) is 7.11 Å². The highest BCUT2D eigenvalue weighted by atomic mass is 32.1. The first-order chi connectivity index (χ1) is 6.02. The van der Waals surface area contributed by atoms with E-state index >= 15 is 0 Å². The van der Waals surface area contributed by atoms with E-state index in [-0.39, 0.29) is 5.41 Å². The lowest BCUT2D eigenvalue weighted by atomic mass is 9.82. The van der Waals surface area contributed by atoms with Crippen LogP contribution in [-0.4, -0.2) is 32.7 Å². The second-order valence-electron chi connectivity index (χ2n) is 4.31. The van der Waals surface area contributed by atoms with Gasteiger partial charge in [-0.3, -0.25) is 0 Å². The van der Waals surface area contributed by atoms with Crippen molar-refractivity contribution >= 4 is 12.6 Å². The van der Waals surface area contributed by atoms with E-state index in [9.17, 15) is 0 Å². The fraction of sp³-hybridized carbons (Fsp3) is 1.00. The molecule has 0 radical (unpaired) electrons. The average Bonchev–Trinajstić information content (AvgIpc) is 2.02. The largest absolute Gasteiger partial charge is 0.382 e. The van der Waals surface area contributed by atoms with E-state index in [1.165, 1.54) is 0 Å². The van der Waals surface area contributed by atoms with E-state index in [4.69, 9.17) is 9.47 Å². The van der Waals surface area contributed by atoms with Crippen LogP contribution in [0.2, 0.25) is 0 Å². The molecule has 13 heavy (non-hydrogen) atoms. The zero-order valence-electron chi connectivity index (χ0n) is 9.17. The van der Waals surface area contributed by atoms with Crippen molar-refractivity contribution in [1.29, 1.82) is 0 Å². The number of rotatable bonds is 6. The van der Waals surface area contributed by atoms with Gasteiger partial charge in [-0.05, 0) is 17.1 Å². The summed E-state index contributed by atoms with van der Waals surface area (Å²) in [6.45, 7) is 8.77. The SMILES string of the molecule is COCCOCC(CS)C(C)(C)C. The fourth-order valence-corrected chi connectivity index (χ4v) is 1.60. The first-order valence-corrected chi connectivity index (χ1v) is 5.33. The van der Waals surface area contributed by atoms with E-state index < -0.39 is 0 Å². The van der Waals surface area contributed by atoms with Crippen molar-refractivity contribution in [3.8, 4) is 0 Å². The summed E-state index contributed by atoms with van der Waals surface area (Å²) in [5, 5.41) is 0. The van der Waals surface area contributed by atoms with Crippen molar-refractivity contribution in [3.63, 3.8) is 0 Å². The molecular weight excluding hydrogens is 184 g/mol. The Morgan fingerprint density at radius 2 is 1.85 bits per heavy atom. The predicted octanol–water partition coefficient (Wildman–Crippen LogP) is 2.24. The summed E-state index contributed by atoms with van der Waals surface area (Å²) in [6.07, 6.45) is 0. The van der Waals surface area contributed by atoms with Gasteiger partial charge in [-0.15, -0.1) is 0 Å². The number of hydrogen-bond donors (Lipinski definition) is 1. The molecule has 0 aromatic carbocycles. The van der Waals surface area contributed by atoms with Gasteiger partial charge < -0.3 is 9.47 Å². The van der Waals surface area contributed by atoms with Gasteiger partial charge >= 0.3 is 0 Å². The van der Waals surface area contributed by atoms with Crippen LogP contribution in [0.5, 0.6) is 0 Å². The molecule has 0 N–H and O–H groups in total. The summed E-state index contributed by atoms with van der Waals surface area (Å²) in [6, 6.07) is 0. The first-order valence-electron chi connectivity index (χ1n) is 4.70. The third-order valence-corrected chi connectivity index (χ3v) is 2.64. The van der Waals surface area contributed by atoms with Crippen LogP contribution in [0.25, 0.3) is 0 Å². The van der Waals surface area contributed by atoms with Gasteiger partial charge in [0.25, 0.3) is 0 Å². The normalized spacial score (nSPS) is 14.5. The zero-order valence-corrected chi connectivity index (χ0v) is 10.1. The van der Waals surface area contributed by atoms with Crippen LogP contribution >= 0.6 is 12.6 Å². The van der Waals surface area contributed by atoms with Crippen molar-refractivity contribution in [3.05, 3.63) is 0 Å². The minimum Gasteiger partial charge on any atom is -0.382 e. The molecule has 0 aliphatic carbocycles. The van der Waals surface area contributed by atoms with Crippen LogP contribution in [0.3, 0.4) is 0 Å². The molecule has 3 heteroatoms. The fourth-order valence-electron chi connectivity index (χ4n) is 0.944. The lowest BCUT2D eigenvalue weighted by molar-refractivity contribution is 0.0325. The molecule has 1 atom stereocenters. The molecule has 0 saturated carbocycles. The molecular formula is C10H22O2S. The molecule has 0 heterocycles. The Labute approximate surface area is 87.4 Å². The lowest BCUT2D eigenvalue weighted by Crippen LogP contribution is -2.27. The van der Waals surface area contributed by atoms with Gasteiger partial charge in [0.15, 0.2) is 0 Å². The third-order valence-electron chi connectivity index (χ3n) is 2.20. The molecule has 0 aliphatic rings. The summed E-state index contributed by atoms with van der Waals surface area (Å²) in [4.78, 5) is 0. The Hall–Kier alpha value is 0.270. The molecule has 2 nitrogen and oxygen atoms in total. The maximum Gasteiger partial charge on any atom is 0.0700 e. The summed E-state index contributed by atoms with van der Waals surface area (Å²) in [7, 11) is 1.68. The second kappa shape index (κ2) is 6.68. The number of thiol groups is 1. The minimum absolute atomic E-state index is 0.273. The van der Waals surface area contributed by atoms with Crippen molar-refractivity contribution < 1.29 is 9.47 Å². The molecule has 0 bridgehead atoms. The number of methoxy groups -OCH3 is 1. The molecule has 0 spiro atoms. The summed E-state index contributed by atoms with van der Waals surface area (Å²) < 4.78 is 10.4. The van der Waals surface area contributed by atoms with Gasteiger partial charge in [0, 0.05) is 7.11 Å². The average molecular weight is 206 g/mol. The Morgan fingerprint density at radius 1 is 1.23 bits per heavy atom. The highest BCUT2D eigenvalue weighted by Crippen LogP contribution is 2.26. The van der Waals surface area contributed by atoms with Gasteiger partial charge in [0.1, 0.15) is 0 Å². The third kappa shape index (κ3) is 6.36. The quantitative estimate of drug-likeness (QED) is 0.531. The van der Waals surface area contributed by atoms with Crippen molar-refractivity contribution in [2.75, 3.05) is 32.7 Å². The molecule has 0 amide bonds. The summed E-state index contributed by atoms with van der Waals surface area (Å²) in [5.41, 5.74) is 0.273. The lowest BCUT2D eigenvalue weighted by Gasteiger charge is -2.29. The van der Waals surface area contributed by atoms with E-state index in [1.807, 2.05) is 0 Å². The summed E-state index contributed by atoms with van der Waals surface area (Å²) >= 11 is 4.32. The van der Waals surface area contributed by atoms with Gasteiger partial charge in [-0.2, -0.15) is 12.6 Å². The smallest absolute Gasteiger partial charge is 0.0700 e. The predicted molar refractivity (Wildman–Crippen MR) is 59.5 cm³/mol. The van der Waals surface area contributed by atoms with Crippen LogP contribution in [0.15, 0.2) is 0 Å². The molecule has 1 unspecified atom stereocenters. The molecule has 0 fully saturated rings.